The van der Waals surface area contributed by atoms with Crippen molar-refractivity contribution in [2.24, 2.45) is 0 Å². The molecule has 0 aliphatic rings. The van der Waals surface area contributed by atoms with E-state index in [-0.39, 0.29) is 5.54 Å². The lowest BCUT2D eigenvalue weighted by atomic mass is 10.1. The first kappa shape index (κ1) is 15.7. The number of nitrogens with zero attached hydrogens (tertiary/aromatic N) is 2. The Bertz CT molecular complexity index is 405. The van der Waals surface area contributed by atoms with Gasteiger partial charge < -0.3 is 10.2 Å². The minimum atomic E-state index is 0.0330. The molecule has 106 valence electrons. The maximum Gasteiger partial charge on any atom is 0.129 e. The highest BCUT2D eigenvalue weighted by molar-refractivity contribution is 5.42. The van der Waals surface area contributed by atoms with Gasteiger partial charge in [0.25, 0.3) is 0 Å². The average molecular weight is 261 g/mol. The van der Waals surface area contributed by atoms with Crippen LogP contribution in [0.3, 0.4) is 0 Å². The third-order valence-corrected chi connectivity index (χ3v) is 2.88. The van der Waals surface area contributed by atoms with E-state index in [1.54, 1.807) is 0 Å². The normalized spacial score (nSPS) is 11.7. The van der Waals surface area contributed by atoms with Crippen LogP contribution >= 0.6 is 0 Å². The van der Waals surface area contributed by atoms with E-state index < -0.39 is 0 Å². The van der Waals surface area contributed by atoms with Crippen LogP contribution in [-0.4, -0.2) is 23.1 Å². The summed E-state index contributed by atoms with van der Waals surface area (Å²) in [5.41, 5.74) is 1.11. The fraction of sp³-hybridized carbons (Fsp3) is 0.562. The van der Waals surface area contributed by atoms with Crippen LogP contribution in [0.2, 0.25) is 0 Å². The smallest absolute Gasteiger partial charge is 0.129 e. The van der Waals surface area contributed by atoms with E-state index in [0.29, 0.717) is 6.04 Å². The van der Waals surface area contributed by atoms with Gasteiger partial charge in [-0.25, -0.2) is 4.98 Å². The topological polar surface area (TPSA) is 28.2 Å². The molecule has 0 spiro atoms. The number of rotatable bonds is 6. The first-order valence-corrected chi connectivity index (χ1v) is 6.92. The van der Waals surface area contributed by atoms with Gasteiger partial charge in [0.15, 0.2) is 0 Å². The van der Waals surface area contributed by atoms with Crippen LogP contribution < -0.4 is 10.2 Å². The zero-order chi connectivity index (χ0) is 14.5. The summed E-state index contributed by atoms with van der Waals surface area (Å²) in [6.07, 6.45) is 1.92. The van der Waals surface area contributed by atoms with E-state index in [0.717, 1.165) is 24.6 Å². The molecule has 0 unspecified atom stereocenters. The number of aromatic nitrogens is 1. The van der Waals surface area contributed by atoms with Gasteiger partial charge in [-0.3, -0.25) is 0 Å². The van der Waals surface area contributed by atoms with Gasteiger partial charge in [-0.1, -0.05) is 26.0 Å². The third-order valence-electron chi connectivity index (χ3n) is 2.88. The second-order valence-corrected chi connectivity index (χ2v) is 6.09. The molecule has 19 heavy (non-hydrogen) atoms. The van der Waals surface area contributed by atoms with Crippen LogP contribution in [0.1, 0.15) is 40.3 Å². The van der Waals surface area contributed by atoms with Crippen LogP contribution in [0.15, 0.2) is 30.9 Å². The summed E-state index contributed by atoms with van der Waals surface area (Å²) >= 11 is 0. The standard InChI is InChI=1S/C16H27N3/c1-7-11-19(16(4,5)6)15-10-8-9-14(18-15)12-17-13(2)3/h7-10,13,17H,1,11-12H2,2-6H3. The van der Waals surface area contributed by atoms with Gasteiger partial charge in [0, 0.05) is 24.7 Å². The van der Waals surface area contributed by atoms with Gasteiger partial charge in [0.05, 0.1) is 5.69 Å². The van der Waals surface area contributed by atoms with Crippen molar-refractivity contribution in [3.05, 3.63) is 36.5 Å². The van der Waals surface area contributed by atoms with Crippen molar-refractivity contribution in [3.63, 3.8) is 0 Å². The Hall–Kier alpha value is -1.35. The molecule has 1 aromatic heterocycles. The van der Waals surface area contributed by atoms with Gasteiger partial charge in [-0.2, -0.15) is 0 Å². The summed E-state index contributed by atoms with van der Waals surface area (Å²) in [5, 5.41) is 3.40. The molecule has 1 heterocycles. The lowest BCUT2D eigenvalue weighted by Crippen LogP contribution is -2.42. The van der Waals surface area contributed by atoms with E-state index in [4.69, 9.17) is 4.98 Å². The summed E-state index contributed by atoms with van der Waals surface area (Å²) in [5.74, 6) is 1.01. The Labute approximate surface area is 117 Å². The fourth-order valence-corrected chi connectivity index (χ4v) is 1.86. The minimum Gasteiger partial charge on any atom is -0.348 e. The van der Waals surface area contributed by atoms with Gasteiger partial charge in [0.1, 0.15) is 5.82 Å². The first-order chi connectivity index (χ1) is 8.84. The molecular formula is C16H27N3. The maximum absolute atomic E-state index is 4.75. The number of nitrogens with one attached hydrogen (secondary N) is 1. The van der Waals surface area contributed by atoms with E-state index in [1.165, 1.54) is 0 Å². The first-order valence-electron chi connectivity index (χ1n) is 6.92. The number of hydrogen-bond donors (Lipinski definition) is 1. The predicted molar refractivity (Wildman–Crippen MR) is 83.5 cm³/mol. The van der Waals surface area contributed by atoms with Crippen molar-refractivity contribution in [1.82, 2.24) is 10.3 Å². The summed E-state index contributed by atoms with van der Waals surface area (Å²) < 4.78 is 0. The molecule has 0 fully saturated rings. The Morgan fingerprint density at radius 3 is 2.58 bits per heavy atom. The molecular weight excluding hydrogens is 234 g/mol. The van der Waals surface area contributed by atoms with Crippen LogP contribution in [-0.2, 0) is 6.54 Å². The Morgan fingerprint density at radius 2 is 2.05 bits per heavy atom. The van der Waals surface area contributed by atoms with Crippen molar-refractivity contribution in [2.75, 3.05) is 11.4 Å². The maximum atomic E-state index is 4.75. The van der Waals surface area contributed by atoms with Crippen molar-refractivity contribution in [2.45, 2.75) is 52.7 Å². The van der Waals surface area contributed by atoms with Crippen LogP contribution in [0.4, 0.5) is 5.82 Å². The largest absolute Gasteiger partial charge is 0.348 e. The molecule has 1 aromatic rings. The van der Waals surface area contributed by atoms with Gasteiger partial charge in [-0.05, 0) is 32.9 Å². The molecule has 1 N–H and O–H groups in total. The highest BCUT2D eigenvalue weighted by Crippen LogP contribution is 2.21. The summed E-state index contributed by atoms with van der Waals surface area (Å²) in [6.45, 7) is 16.3. The SMILES string of the molecule is C=CCN(c1cccc(CNC(C)C)n1)C(C)(C)C. The zero-order valence-electron chi connectivity index (χ0n) is 12.9. The molecule has 3 nitrogen and oxygen atoms in total. The molecule has 0 aliphatic carbocycles. The number of pyridine rings is 1. The van der Waals surface area contributed by atoms with Crippen LogP contribution in [0.5, 0.6) is 0 Å². The molecule has 0 aliphatic heterocycles. The third kappa shape index (κ3) is 5.03. The molecule has 0 radical (unpaired) electrons. The molecule has 0 bridgehead atoms. The van der Waals surface area contributed by atoms with Gasteiger partial charge in [0.2, 0.25) is 0 Å². The molecule has 0 saturated heterocycles. The molecule has 0 aromatic carbocycles. The van der Waals surface area contributed by atoms with Crippen molar-refractivity contribution in [3.8, 4) is 0 Å². The fourth-order valence-electron chi connectivity index (χ4n) is 1.86. The highest BCUT2D eigenvalue weighted by atomic mass is 15.2. The van der Waals surface area contributed by atoms with Crippen LogP contribution in [0.25, 0.3) is 0 Å². The van der Waals surface area contributed by atoms with Crippen molar-refractivity contribution < 1.29 is 0 Å². The quantitative estimate of drug-likeness (QED) is 0.796. The summed E-state index contributed by atoms with van der Waals surface area (Å²) in [6, 6.07) is 6.67. The summed E-state index contributed by atoms with van der Waals surface area (Å²) in [7, 11) is 0. The number of hydrogen-bond acceptors (Lipinski definition) is 3. The monoisotopic (exact) mass is 261 g/mol. The molecule has 3 heteroatoms. The molecule has 1 rings (SSSR count). The number of anilines is 1. The van der Waals surface area contributed by atoms with Crippen LogP contribution in [0, 0.1) is 0 Å². The Kier molecular flexibility index (Phi) is 5.55. The molecule has 0 amide bonds. The Morgan fingerprint density at radius 1 is 1.37 bits per heavy atom. The van der Waals surface area contributed by atoms with Gasteiger partial charge >= 0.3 is 0 Å². The second-order valence-electron chi connectivity index (χ2n) is 6.09. The van der Waals surface area contributed by atoms with Crippen molar-refractivity contribution >= 4 is 5.82 Å². The predicted octanol–water partition coefficient (Wildman–Crippen LogP) is 3.37. The lowest BCUT2D eigenvalue weighted by molar-refractivity contribution is 0.515. The van der Waals surface area contributed by atoms with Crippen molar-refractivity contribution in [1.29, 1.82) is 0 Å². The second kappa shape index (κ2) is 6.71. The minimum absolute atomic E-state index is 0.0330. The Balaban J connectivity index is 2.92. The van der Waals surface area contributed by atoms with Gasteiger partial charge in [-0.15, -0.1) is 6.58 Å². The molecule has 0 saturated carbocycles. The zero-order valence-corrected chi connectivity index (χ0v) is 12.9. The average Bonchev–Trinajstić information content (AvgIpc) is 2.32. The highest BCUT2D eigenvalue weighted by Gasteiger charge is 2.21. The van der Waals surface area contributed by atoms with E-state index >= 15 is 0 Å². The molecule has 0 atom stereocenters. The van der Waals surface area contributed by atoms with E-state index in [9.17, 15) is 0 Å². The summed E-state index contributed by atoms with van der Waals surface area (Å²) in [4.78, 5) is 7.01. The lowest BCUT2D eigenvalue weighted by Gasteiger charge is -2.36. The van der Waals surface area contributed by atoms with E-state index in [1.807, 2.05) is 6.08 Å². The van der Waals surface area contributed by atoms with E-state index in [2.05, 4.69) is 69.6 Å².